The molecule has 1 fully saturated rings. The van der Waals surface area contributed by atoms with Gasteiger partial charge in [-0.25, -0.2) is 13.1 Å². The van der Waals surface area contributed by atoms with E-state index >= 15 is 0 Å². The first kappa shape index (κ1) is 12.4. The summed E-state index contributed by atoms with van der Waals surface area (Å²) in [5, 5.41) is 7.11. The molecule has 0 spiro atoms. The molecule has 2 heterocycles. The number of hydrogen-bond donors (Lipinski definition) is 2. The van der Waals surface area contributed by atoms with Gasteiger partial charge in [0.25, 0.3) is 0 Å². The lowest BCUT2D eigenvalue weighted by Crippen LogP contribution is -2.44. The minimum Gasteiger partial charge on any atom is -0.355 e. The van der Waals surface area contributed by atoms with E-state index in [-0.39, 0.29) is 6.04 Å². The Kier molecular flexibility index (Phi) is 3.39. The molecule has 2 rings (SSSR count). The van der Waals surface area contributed by atoms with E-state index < -0.39 is 10.0 Å². The second-order valence-corrected chi connectivity index (χ2v) is 6.34. The fourth-order valence-electron chi connectivity index (χ4n) is 2.09. The van der Waals surface area contributed by atoms with Crippen molar-refractivity contribution in [3.63, 3.8) is 0 Å². The molecule has 0 aromatic carbocycles. The van der Waals surface area contributed by atoms with Crippen LogP contribution >= 0.6 is 0 Å². The average Bonchev–Trinajstić information content (AvgIpc) is 2.63. The van der Waals surface area contributed by atoms with Crippen molar-refractivity contribution in [3.8, 4) is 0 Å². The van der Waals surface area contributed by atoms with Crippen molar-refractivity contribution in [2.24, 2.45) is 0 Å². The number of nitrogens with one attached hydrogen (secondary N) is 2. The first-order valence-corrected chi connectivity index (χ1v) is 7.57. The van der Waals surface area contributed by atoms with Crippen molar-refractivity contribution in [3.05, 3.63) is 11.8 Å². The van der Waals surface area contributed by atoms with Crippen molar-refractivity contribution < 1.29 is 8.42 Å². The summed E-state index contributed by atoms with van der Waals surface area (Å²) in [6.07, 6.45) is 2.84. The van der Waals surface area contributed by atoms with Crippen LogP contribution in [-0.4, -0.2) is 44.0 Å². The summed E-state index contributed by atoms with van der Waals surface area (Å²) in [6, 6.07) is 2.06. The van der Waals surface area contributed by atoms with E-state index in [9.17, 15) is 8.42 Å². The van der Waals surface area contributed by atoms with E-state index in [4.69, 9.17) is 0 Å². The van der Waals surface area contributed by atoms with Crippen molar-refractivity contribution in [1.29, 1.82) is 0 Å². The molecule has 1 aliphatic heterocycles. The number of aromatic amines is 1. The fraction of sp³-hybridized carbons (Fsp3) is 0.700. The maximum Gasteiger partial charge on any atom is 0.208 e. The second-order valence-electron chi connectivity index (χ2n) is 4.56. The Bertz CT molecular complexity index is 474. The smallest absolute Gasteiger partial charge is 0.208 e. The highest BCUT2D eigenvalue weighted by atomic mass is 32.2. The largest absolute Gasteiger partial charge is 0.355 e. The van der Waals surface area contributed by atoms with Gasteiger partial charge in [-0.3, -0.25) is 5.10 Å². The zero-order chi connectivity index (χ0) is 12.5. The van der Waals surface area contributed by atoms with Gasteiger partial charge >= 0.3 is 0 Å². The van der Waals surface area contributed by atoms with Gasteiger partial charge in [0, 0.05) is 30.9 Å². The van der Waals surface area contributed by atoms with Gasteiger partial charge in [-0.05, 0) is 19.8 Å². The molecule has 0 unspecified atom stereocenters. The third kappa shape index (κ3) is 3.44. The topological polar surface area (TPSA) is 78.1 Å². The third-order valence-electron chi connectivity index (χ3n) is 2.89. The van der Waals surface area contributed by atoms with Crippen LogP contribution in [0.1, 0.15) is 18.5 Å². The van der Waals surface area contributed by atoms with Gasteiger partial charge in [0.05, 0.1) is 6.26 Å². The molecule has 0 saturated carbocycles. The molecule has 0 atom stereocenters. The first-order valence-electron chi connectivity index (χ1n) is 5.68. The van der Waals surface area contributed by atoms with Crippen LogP contribution < -0.4 is 9.62 Å². The van der Waals surface area contributed by atoms with Crippen molar-refractivity contribution in [2.45, 2.75) is 25.8 Å². The van der Waals surface area contributed by atoms with Crippen LogP contribution in [0.4, 0.5) is 5.82 Å². The highest BCUT2D eigenvalue weighted by Crippen LogP contribution is 2.18. The predicted molar refractivity (Wildman–Crippen MR) is 66.5 cm³/mol. The van der Waals surface area contributed by atoms with Crippen molar-refractivity contribution in [2.75, 3.05) is 24.2 Å². The summed E-state index contributed by atoms with van der Waals surface area (Å²) in [6.45, 7) is 3.63. The molecule has 17 heavy (non-hydrogen) atoms. The van der Waals surface area contributed by atoms with Crippen LogP contribution in [0.2, 0.25) is 0 Å². The number of piperidine rings is 1. The third-order valence-corrected chi connectivity index (χ3v) is 3.65. The lowest BCUT2D eigenvalue weighted by molar-refractivity contribution is 0.460. The van der Waals surface area contributed by atoms with Crippen molar-refractivity contribution >= 4 is 15.8 Å². The quantitative estimate of drug-likeness (QED) is 0.814. The molecule has 1 aliphatic rings. The highest BCUT2D eigenvalue weighted by Gasteiger charge is 2.22. The zero-order valence-corrected chi connectivity index (χ0v) is 10.9. The van der Waals surface area contributed by atoms with Gasteiger partial charge in [0.15, 0.2) is 5.82 Å². The first-order chi connectivity index (χ1) is 7.94. The van der Waals surface area contributed by atoms with E-state index in [1.54, 1.807) is 0 Å². The van der Waals surface area contributed by atoms with Crippen LogP contribution in [0, 0.1) is 6.92 Å². The normalized spacial score (nSPS) is 18.6. The number of hydrogen-bond acceptors (Lipinski definition) is 4. The van der Waals surface area contributed by atoms with Crippen LogP contribution in [0.25, 0.3) is 0 Å². The summed E-state index contributed by atoms with van der Waals surface area (Å²) in [5.74, 6) is 0.945. The van der Waals surface area contributed by atoms with E-state index in [0.29, 0.717) is 0 Å². The summed E-state index contributed by atoms with van der Waals surface area (Å²) >= 11 is 0. The van der Waals surface area contributed by atoms with E-state index in [2.05, 4.69) is 19.8 Å². The molecule has 96 valence electrons. The van der Waals surface area contributed by atoms with Crippen LogP contribution in [0.5, 0.6) is 0 Å². The van der Waals surface area contributed by atoms with Gasteiger partial charge in [0.1, 0.15) is 0 Å². The summed E-state index contributed by atoms with van der Waals surface area (Å²) in [5.41, 5.74) is 1.04. The number of nitrogens with zero attached hydrogens (tertiary/aromatic N) is 2. The number of aromatic nitrogens is 2. The Morgan fingerprint density at radius 1 is 1.47 bits per heavy atom. The number of sulfonamides is 1. The number of anilines is 1. The van der Waals surface area contributed by atoms with Crippen molar-refractivity contribution in [1.82, 2.24) is 14.9 Å². The summed E-state index contributed by atoms with van der Waals surface area (Å²) < 4.78 is 24.9. The summed E-state index contributed by atoms with van der Waals surface area (Å²) in [4.78, 5) is 2.17. The lowest BCUT2D eigenvalue weighted by Gasteiger charge is -2.31. The van der Waals surface area contributed by atoms with Gasteiger partial charge in [-0.2, -0.15) is 5.10 Å². The molecule has 0 aliphatic carbocycles. The molecule has 0 amide bonds. The SMILES string of the molecule is Cc1cc(N2CCC(NS(C)(=O)=O)CC2)n[nH]1. The maximum atomic E-state index is 11.1. The summed E-state index contributed by atoms with van der Waals surface area (Å²) in [7, 11) is -3.09. The Labute approximate surface area is 101 Å². The number of rotatable bonds is 3. The highest BCUT2D eigenvalue weighted by molar-refractivity contribution is 7.88. The molecule has 1 saturated heterocycles. The monoisotopic (exact) mass is 258 g/mol. The molecule has 0 bridgehead atoms. The molecular weight excluding hydrogens is 240 g/mol. The molecule has 2 N–H and O–H groups in total. The molecular formula is C10H18N4O2S. The maximum absolute atomic E-state index is 11.1. The lowest BCUT2D eigenvalue weighted by atomic mass is 10.1. The van der Waals surface area contributed by atoms with E-state index in [1.807, 2.05) is 13.0 Å². The molecule has 1 aromatic heterocycles. The van der Waals surface area contributed by atoms with E-state index in [1.165, 1.54) is 6.26 Å². The Hall–Kier alpha value is -1.08. The van der Waals surface area contributed by atoms with Crippen LogP contribution in [-0.2, 0) is 10.0 Å². The molecule has 0 radical (unpaired) electrons. The second kappa shape index (κ2) is 4.66. The minimum atomic E-state index is -3.09. The minimum absolute atomic E-state index is 0.0567. The predicted octanol–water partition coefficient (Wildman–Crippen LogP) is 0.236. The Balaban J connectivity index is 1.90. The Morgan fingerprint density at radius 3 is 2.59 bits per heavy atom. The van der Waals surface area contributed by atoms with E-state index in [0.717, 1.165) is 37.4 Å². The van der Waals surface area contributed by atoms with Gasteiger partial charge in [-0.1, -0.05) is 0 Å². The van der Waals surface area contributed by atoms with Crippen LogP contribution in [0.3, 0.4) is 0 Å². The standard InChI is InChI=1S/C10H18N4O2S/c1-8-7-10(12-11-8)14-5-3-9(4-6-14)13-17(2,15)16/h7,9,13H,3-6H2,1-2H3,(H,11,12). The fourth-order valence-corrected chi connectivity index (χ4v) is 2.94. The van der Waals surface area contributed by atoms with Gasteiger partial charge in [-0.15, -0.1) is 0 Å². The molecule has 6 nitrogen and oxygen atoms in total. The van der Waals surface area contributed by atoms with Gasteiger partial charge in [0.2, 0.25) is 10.0 Å². The molecule has 7 heteroatoms. The molecule has 1 aromatic rings. The number of H-pyrrole nitrogens is 1. The van der Waals surface area contributed by atoms with Crippen LogP contribution in [0.15, 0.2) is 6.07 Å². The van der Waals surface area contributed by atoms with Gasteiger partial charge < -0.3 is 4.90 Å². The zero-order valence-electron chi connectivity index (χ0n) is 10.1. The number of aryl methyl sites for hydroxylation is 1. The average molecular weight is 258 g/mol. The Morgan fingerprint density at radius 2 is 2.12 bits per heavy atom.